The maximum absolute atomic E-state index is 5.50. The Balaban J connectivity index is 2.10. The first-order chi connectivity index (χ1) is 9.52. The fraction of sp³-hybridized carbons (Fsp3) is 0.600. The van der Waals surface area contributed by atoms with Gasteiger partial charge in [-0.2, -0.15) is 0 Å². The Morgan fingerprint density at radius 2 is 1.90 bits per heavy atom. The zero-order valence-corrected chi connectivity index (χ0v) is 15.4. The molecule has 1 heterocycles. The Kier molecular flexibility index (Phi) is 5.90. The number of rotatable bonds is 4. The van der Waals surface area contributed by atoms with Crippen LogP contribution in [0.2, 0.25) is 0 Å². The van der Waals surface area contributed by atoms with Gasteiger partial charge < -0.3 is 4.74 Å². The standard InChI is InChI=1S/C15H22Br2N2O/c1-10-5-4-6-11(2)19(10)18-9-12-7-13(16)8-14(17)15(12)20-3/h7-8,10-11,18H,4-6,9H2,1-3H3. The molecule has 0 saturated carbocycles. The summed E-state index contributed by atoms with van der Waals surface area (Å²) in [4.78, 5) is 0. The smallest absolute Gasteiger partial charge is 0.137 e. The van der Waals surface area contributed by atoms with Crippen molar-refractivity contribution >= 4 is 31.9 Å². The van der Waals surface area contributed by atoms with Gasteiger partial charge >= 0.3 is 0 Å². The molecule has 112 valence electrons. The van der Waals surface area contributed by atoms with Crippen molar-refractivity contribution in [3.63, 3.8) is 0 Å². The topological polar surface area (TPSA) is 24.5 Å². The van der Waals surface area contributed by atoms with E-state index in [1.54, 1.807) is 7.11 Å². The van der Waals surface area contributed by atoms with Crippen LogP contribution in [0.15, 0.2) is 21.1 Å². The molecule has 2 atom stereocenters. The molecule has 0 aromatic heterocycles. The summed E-state index contributed by atoms with van der Waals surface area (Å²) < 4.78 is 7.53. The molecule has 2 rings (SSSR count). The van der Waals surface area contributed by atoms with Crippen LogP contribution in [0.5, 0.6) is 5.75 Å². The van der Waals surface area contributed by atoms with Gasteiger partial charge in [-0.15, -0.1) is 0 Å². The molecule has 1 aromatic rings. The van der Waals surface area contributed by atoms with Gasteiger partial charge in [0, 0.05) is 28.7 Å². The van der Waals surface area contributed by atoms with E-state index in [1.807, 2.05) is 6.07 Å². The van der Waals surface area contributed by atoms with E-state index in [-0.39, 0.29) is 0 Å². The summed E-state index contributed by atoms with van der Waals surface area (Å²) >= 11 is 7.09. The number of halogens is 2. The first-order valence-corrected chi connectivity index (χ1v) is 8.65. The molecule has 1 aromatic carbocycles. The van der Waals surface area contributed by atoms with Gasteiger partial charge in [0.15, 0.2) is 0 Å². The first-order valence-electron chi connectivity index (χ1n) is 7.06. The summed E-state index contributed by atoms with van der Waals surface area (Å²) in [5.74, 6) is 0.901. The lowest BCUT2D eigenvalue weighted by molar-refractivity contribution is 0.0433. The number of hydrogen-bond acceptors (Lipinski definition) is 3. The van der Waals surface area contributed by atoms with Gasteiger partial charge in [-0.05, 0) is 54.8 Å². The van der Waals surface area contributed by atoms with Crippen LogP contribution in [0, 0.1) is 0 Å². The summed E-state index contributed by atoms with van der Waals surface area (Å²) in [5, 5.41) is 2.39. The minimum Gasteiger partial charge on any atom is -0.495 e. The van der Waals surface area contributed by atoms with Crippen LogP contribution >= 0.6 is 31.9 Å². The van der Waals surface area contributed by atoms with Crippen LogP contribution in [0.25, 0.3) is 0 Å². The van der Waals surface area contributed by atoms with Crippen LogP contribution in [0.3, 0.4) is 0 Å². The number of ether oxygens (including phenoxy) is 1. The van der Waals surface area contributed by atoms with Gasteiger partial charge in [-0.25, -0.2) is 5.01 Å². The summed E-state index contributed by atoms with van der Waals surface area (Å²) in [6.45, 7) is 5.35. The Bertz CT molecular complexity index is 457. The molecule has 3 nitrogen and oxygen atoms in total. The third kappa shape index (κ3) is 3.75. The van der Waals surface area contributed by atoms with E-state index in [4.69, 9.17) is 4.74 Å². The van der Waals surface area contributed by atoms with E-state index in [1.165, 1.54) is 19.3 Å². The Hall–Kier alpha value is -0.100. The van der Waals surface area contributed by atoms with Crippen LogP contribution in [-0.4, -0.2) is 24.2 Å². The minimum atomic E-state index is 0.584. The van der Waals surface area contributed by atoms with Gasteiger partial charge in [0.1, 0.15) is 5.75 Å². The van der Waals surface area contributed by atoms with E-state index in [0.29, 0.717) is 12.1 Å². The van der Waals surface area contributed by atoms with Crippen molar-refractivity contribution < 1.29 is 4.74 Å². The van der Waals surface area contributed by atoms with E-state index in [9.17, 15) is 0 Å². The average Bonchev–Trinajstić information content (AvgIpc) is 2.37. The zero-order valence-electron chi connectivity index (χ0n) is 12.2. The van der Waals surface area contributed by atoms with Gasteiger partial charge in [0.2, 0.25) is 0 Å². The van der Waals surface area contributed by atoms with Gasteiger partial charge in [-0.3, -0.25) is 5.43 Å². The van der Waals surface area contributed by atoms with Crippen LogP contribution in [0.4, 0.5) is 0 Å². The maximum Gasteiger partial charge on any atom is 0.137 e. The molecule has 0 aliphatic carbocycles. The third-order valence-corrected chi connectivity index (χ3v) is 4.98. The Morgan fingerprint density at radius 1 is 1.25 bits per heavy atom. The number of piperidine rings is 1. The molecule has 2 unspecified atom stereocenters. The molecule has 0 spiro atoms. The number of nitrogens with zero attached hydrogens (tertiary/aromatic N) is 1. The molecule has 1 fully saturated rings. The lowest BCUT2D eigenvalue weighted by atomic mass is 10.00. The van der Waals surface area contributed by atoms with E-state index in [2.05, 4.69) is 62.2 Å². The summed E-state index contributed by atoms with van der Waals surface area (Å²) in [5.41, 5.74) is 4.73. The highest BCUT2D eigenvalue weighted by Crippen LogP contribution is 2.33. The second-order valence-electron chi connectivity index (χ2n) is 5.45. The summed E-state index contributed by atoms with van der Waals surface area (Å²) in [7, 11) is 1.71. The molecule has 1 aliphatic rings. The minimum absolute atomic E-state index is 0.584. The maximum atomic E-state index is 5.50. The molecule has 1 N–H and O–H groups in total. The number of benzene rings is 1. The SMILES string of the molecule is COc1c(Br)cc(Br)cc1CNN1C(C)CCCC1C. The van der Waals surface area contributed by atoms with E-state index in [0.717, 1.165) is 26.8 Å². The highest BCUT2D eigenvalue weighted by molar-refractivity contribution is 9.11. The molecule has 5 heteroatoms. The summed E-state index contributed by atoms with van der Waals surface area (Å²) in [6.07, 6.45) is 3.85. The molecule has 0 amide bonds. The Labute approximate surface area is 138 Å². The van der Waals surface area contributed by atoms with Gasteiger partial charge in [0.25, 0.3) is 0 Å². The monoisotopic (exact) mass is 404 g/mol. The fourth-order valence-corrected chi connectivity index (χ4v) is 4.36. The van der Waals surface area contributed by atoms with Crippen LogP contribution < -0.4 is 10.2 Å². The number of hydrogen-bond donors (Lipinski definition) is 1. The van der Waals surface area contributed by atoms with Gasteiger partial charge in [0.05, 0.1) is 11.6 Å². The van der Waals surface area contributed by atoms with Crippen molar-refractivity contribution in [1.29, 1.82) is 0 Å². The van der Waals surface area contributed by atoms with Crippen molar-refractivity contribution in [1.82, 2.24) is 10.4 Å². The van der Waals surface area contributed by atoms with Crippen LogP contribution in [-0.2, 0) is 6.54 Å². The Morgan fingerprint density at radius 3 is 2.50 bits per heavy atom. The third-order valence-electron chi connectivity index (χ3n) is 3.94. The fourth-order valence-electron chi connectivity index (χ4n) is 2.88. The highest BCUT2D eigenvalue weighted by Gasteiger charge is 2.24. The quantitative estimate of drug-likeness (QED) is 0.798. The molecule has 1 saturated heterocycles. The molecular formula is C15H22Br2N2O. The molecule has 0 radical (unpaired) electrons. The highest BCUT2D eigenvalue weighted by atomic mass is 79.9. The van der Waals surface area contributed by atoms with Crippen molar-refractivity contribution in [2.75, 3.05) is 7.11 Å². The second kappa shape index (κ2) is 7.25. The number of hydrazine groups is 1. The van der Waals surface area contributed by atoms with E-state index >= 15 is 0 Å². The van der Waals surface area contributed by atoms with Crippen molar-refractivity contribution in [2.24, 2.45) is 0 Å². The van der Waals surface area contributed by atoms with Crippen molar-refractivity contribution in [2.45, 2.75) is 51.7 Å². The lowest BCUT2D eigenvalue weighted by Crippen LogP contribution is -2.51. The van der Waals surface area contributed by atoms with Crippen molar-refractivity contribution in [3.8, 4) is 5.75 Å². The molecule has 1 aliphatic heterocycles. The van der Waals surface area contributed by atoms with Gasteiger partial charge in [-0.1, -0.05) is 22.4 Å². The normalized spacial score (nSPS) is 23.9. The van der Waals surface area contributed by atoms with E-state index < -0.39 is 0 Å². The largest absolute Gasteiger partial charge is 0.495 e. The number of methoxy groups -OCH3 is 1. The average molecular weight is 406 g/mol. The molecule has 0 bridgehead atoms. The zero-order chi connectivity index (χ0) is 14.7. The summed E-state index contributed by atoms with van der Waals surface area (Å²) in [6, 6.07) is 5.28. The number of nitrogens with one attached hydrogen (secondary N) is 1. The predicted molar refractivity (Wildman–Crippen MR) is 89.8 cm³/mol. The van der Waals surface area contributed by atoms with Crippen LogP contribution in [0.1, 0.15) is 38.7 Å². The first kappa shape index (κ1) is 16.3. The predicted octanol–water partition coefficient (Wildman–Crippen LogP) is 4.49. The molecular weight excluding hydrogens is 384 g/mol. The second-order valence-corrected chi connectivity index (χ2v) is 7.22. The van der Waals surface area contributed by atoms with Crippen molar-refractivity contribution in [3.05, 3.63) is 26.6 Å². The lowest BCUT2D eigenvalue weighted by Gasteiger charge is -2.39. The molecule has 20 heavy (non-hydrogen) atoms.